The third kappa shape index (κ3) is 3.96. The Morgan fingerprint density at radius 1 is 1.00 bits per heavy atom. The smallest absolute Gasteiger partial charge is 0.0586 e. The van der Waals surface area contributed by atoms with Crippen LogP contribution in [-0.4, -0.2) is 25.3 Å². The molecule has 0 spiro atoms. The van der Waals surface area contributed by atoms with Gasteiger partial charge in [-0.3, -0.25) is 0 Å². The molecule has 0 aromatic carbocycles. The zero-order valence-corrected chi connectivity index (χ0v) is 11.6. The summed E-state index contributed by atoms with van der Waals surface area (Å²) < 4.78 is 5.51. The highest BCUT2D eigenvalue weighted by molar-refractivity contribution is 4.84. The zero-order valence-electron chi connectivity index (χ0n) is 11.6. The largest absolute Gasteiger partial charge is 0.381 e. The second-order valence-corrected chi connectivity index (χ2v) is 6.03. The Bertz CT molecular complexity index is 197. The summed E-state index contributed by atoms with van der Waals surface area (Å²) >= 11 is 0. The first-order chi connectivity index (χ1) is 8.31. The van der Waals surface area contributed by atoms with Crippen LogP contribution in [0.3, 0.4) is 0 Å². The number of hydrogen-bond donors (Lipinski definition) is 1. The number of methoxy groups -OCH3 is 1. The van der Waals surface area contributed by atoms with E-state index in [1.165, 1.54) is 57.8 Å². The third-order valence-corrected chi connectivity index (χ3v) is 4.79. The molecule has 2 rings (SSSR count). The first-order valence-electron chi connectivity index (χ1n) is 7.60. The molecule has 100 valence electrons. The normalized spacial score (nSPS) is 39.2. The molecule has 0 saturated heterocycles. The first-order valence-corrected chi connectivity index (χ1v) is 7.60. The maximum Gasteiger partial charge on any atom is 0.0586 e. The molecule has 0 radical (unpaired) electrons. The van der Waals surface area contributed by atoms with Crippen LogP contribution in [0, 0.1) is 5.92 Å². The molecule has 2 aliphatic carbocycles. The molecular weight excluding hydrogens is 210 g/mol. The topological polar surface area (TPSA) is 21.3 Å². The summed E-state index contributed by atoms with van der Waals surface area (Å²) in [4.78, 5) is 0. The predicted molar refractivity (Wildman–Crippen MR) is 72.2 cm³/mol. The Labute approximate surface area is 107 Å². The lowest BCUT2D eigenvalue weighted by Gasteiger charge is -2.35. The van der Waals surface area contributed by atoms with Crippen molar-refractivity contribution in [3.05, 3.63) is 0 Å². The third-order valence-electron chi connectivity index (χ3n) is 4.79. The van der Waals surface area contributed by atoms with Crippen LogP contribution in [0.2, 0.25) is 0 Å². The van der Waals surface area contributed by atoms with E-state index < -0.39 is 0 Å². The summed E-state index contributed by atoms with van der Waals surface area (Å²) in [5.74, 6) is 0.975. The standard InChI is InChI=1S/C15H29NO/c1-3-12-6-4-7-13(10-12)16-14-8-5-9-15(11-14)17-2/h12-16H,3-11H2,1-2H3. The van der Waals surface area contributed by atoms with E-state index in [9.17, 15) is 0 Å². The molecule has 0 heterocycles. The van der Waals surface area contributed by atoms with Crippen molar-refractivity contribution in [3.63, 3.8) is 0 Å². The molecule has 2 fully saturated rings. The predicted octanol–water partition coefficient (Wildman–Crippen LogP) is 3.50. The highest BCUT2D eigenvalue weighted by Crippen LogP contribution is 2.28. The molecule has 2 heteroatoms. The Balaban J connectivity index is 1.75. The van der Waals surface area contributed by atoms with Gasteiger partial charge in [-0.1, -0.05) is 26.2 Å². The van der Waals surface area contributed by atoms with Gasteiger partial charge < -0.3 is 10.1 Å². The molecule has 2 saturated carbocycles. The van der Waals surface area contributed by atoms with E-state index in [0.29, 0.717) is 12.1 Å². The summed E-state index contributed by atoms with van der Waals surface area (Å²) in [7, 11) is 1.86. The van der Waals surface area contributed by atoms with Gasteiger partial charge in [-0.05, 0) is 44.4 Å². The maximum atomic E-state index is 5.51. The fraction of sp³-hybridized carbons (Fsp3) is 1.00. The van der Waals surface area contributed by atoms with E-state index in [2.05, 4.69) is 12.2 Å². The molecule has 0 aromatic rings. The minimum atomic E-state index is 0.506. The number of rotatable bonds is 4. The summed E-state index contributed by atoms with van der Waals surface area (Å²) in [5, 5.41) is 3.91. The van der Waals surface area contributed by atoms with Gasteiger partial charge in [0.05, 0.1) is 6.10 Å². The fourth-order valence-corrected chi connectivity index (χ4v) is 3.66. The van der Waals surface area contributed by atoms with Gasteiger partial charge >= 0.3 is 0 Å². The van der Waals surface area contributed by atoms with Crippen LogP contribution in [0.4, 0.5) is 0 Å². The summed E-state index contributed by atoms with van der Waals surface area (Å²) in [6, 6.07) is 1.50. The minimum Gasteiger partial charge on any atom is -0.381 e. The van der Waals surface area contributed by atoms with E-state index in [1.54, 1.807) is 0 Å². The van der Waals surface area contributed by atoms with Gasteiger partial charge in [0.15, 0.2) is 0 Å². The van der Waals surface area contributed by atoms with Gasteiger partial charge in [0.25, 0.3) is 0 Å². The van der Waals surface area contributed by atoms with E-state index in [-0.39, 0.29) is 0 Å². The van der Waals surface area contributed by atoms with Crippen LogP contribution < -0.4 is 5.32 Å². The van der Waals surface area contributed by atoms with Crippen molar-refractivity contribution in [2.75, 3.05) is 7.11 Å². The van der Waals surface area contributed by atoms with E-state index in [4.69, 9.17) is 4.74 Å². The van der Waals surface area contributed by atoms with Crippen molar-refractivity contribution in [2.45, 2.75) is 82.9 Å². The van der Waals surface area contributed by atoms with Crippen LogP contribution >= 0.6 is 0 Å². The number of ether oxygens (including phenoxy) is 1. The van der Waals surface area contributed by atoms with Crippen molar-refractivity contribution in [2.24, 2.45) is 5.92 Å². The van der Waals surface area contributed by atoms with Crippen molar-refractivity contribution >= 4 is 0 Å². The van der Waals surface area contributed by atoms with E-state index in [0.717, 1.165) is 12.0 Å². The van der Waals surface area contributed by atoms with Crippen LogP contribution in [0.5, 0.6) is 0 Å². The second-order valence-electron chi connectivity index (χ2n) is 6.03. The van der Waals surface area contributed by atoms with Gasteiger partial charge in [-0.2, -0.15) is 0 Å². The molecule has 0 aromatic heterocycles. The number of nitrogens with one attached hydrogen (secondary N) is 1. The van der Waals surface area contributed by atoms with E-state index in [1.807, 2.05) is 7.11 Å². The maximum absolute atomic E-state index is 5.51. The molecule has 4 unspecified atom stereocenters. The zero-order chi connectivity index (χ0) is 12.1. The highest BCUT2D eigenvalue weighted by atomic mass is 16.5. The Morgan fingerprint density at radius 2 is 1.71 bits per heavy atom. The van der Waals surface area contributed by atoms with Crippen molar-refractivity contribution in [1.82, 2.24) is 5.32 Å². The Hall–Kier alpha value is -0.0800. The number of hydrogen-bond acceptors (Lipinski definition) is 2. The Morgan fingerprint density at radius 3 is 2.41 bits per heavy atom. The lowest BCUT2D eigenvalue weighted by atomic mass is 9.83. The monoisotopic (exact) mass is 239 g/mol. The van der Waals surface area contributed by atoms with Crippen molar-refractivity contribution < 1.29 is 4.74 Å². The summed E-state index contributed by atoms with van der Waals surface area (Å²) in [6.45, 7) is 2.34. The molecule has 4 atom stereocenters. The van der Waals surface area contributed by atoms with Gasteiger partial charge in [-0.25, -0.2) is 0 Å². The molecule has 1 N–H and O–H groups in total. The molecular formula is C15H29NO. The van der Waals surface area contributed by atoms with Crippen molar-refractivity contribution in [3.8, 4) is 0 Å². The summed E-state index contributed by atoms with van der Waals surface area (Å²) in [5.41, 5.74) is 0. The fourth-order valence-electron chi connectivity index (χ4n) is 3.66. The van der Waals surface area contributed by atoms with Gasteiger partial charge in [-0.15, -0.1) is 0 Å². The lowest BCUT2D eigenvalue weighted by molar-refractivity contribution is 0.0550. The average molecular weight is 239 g/mol. The van der Waals surface area contributed by atoms with Gasteiger partial charge in [0.1, 0.15) is 0 Å². The lowest BCUT2D eigenvalue weighted by Crippen LogP contribution is -2.44. The van der Waals surface area contributed by atoms with Crippen LogP contribution in [-0.2, 0) is 4.74 Å². The van der Waals surface area contributed by atoms with Gasteiger partial charge in [0, 0.05) is 19.2 Å². The molecule has 2 nitrogen and oxygen atoms in total. The van der Waals surface area contributed by atoms with Crippen molar-refractivity contribution in [1.29, 1.82) is 0 Å². The van der Waals surface area contributed by atoms with Gasteiger partial charge in [0.2, 0.25) is 0 Å². The molecule has 0 bridgehead atoms. The SMILES string of the molecule is CCC1CCCC(NC2CCCC(OC)C2)C1. The average Bonchev–Trinajstić information content (AvgIpc) is 2.39. The van der Waals surface area contributed by atoms with E-state index >= 15 is 0 Å². The molecule has 17 heavy (non-hydrogen) atoms. The minimum absolute atomic E-state index is 0.506. The van der Waals surface area contributed by atoms with Crippen LogP contribution in [0.25, 0.3) is 0 Å². The highest BCUT2D eigenvalue weighted by Gasteiger charge is 2.26. The first kappa shape index (κ1) is 13.4. The summed E-state index contributed by atoms with van der Waals surface area (Å²) in [6.07, 6.45) is 12.7. The molecule has 0 aliphatic heterocycles. The molecule has 2 aliphatic rings. The molecule has 0 amide bonds. The Kier molecular flexibility index (Phi) is 5.30. The van der Waals surface area contributed by atoms with Crippen LogP contribution in [0.15, 0.2) is 0 Å². The quantitative estimate of drug-likeness (QED) is 0.810. The van der Waals surface area contributed by atoms with Crippen LogP contribution in [0.1, 0.15) is 64.7 Å². The second kappa shape index (κ2) is 6.75.